The second kappa shape index (κ2) is 7.66. The Morgan fingerprint density at radius 3 is 2.46 bits per heavy atom. The number of methoxy groups -OCH3 is 1. The molecule has 0 aromatic heterocycles. The van der Waals surface area contributed by atoms with E-state index in [1.807, 2.05) is 6.92 Å². The molecule has 0 fully saturated rings. The number of hydrogen-bond donors (Lipinski definition) is 0. The number of sulfone groups is 1. The molecule has 0 saturated heterocycles. The van der Waals surface area contributed by atoms with Crippen molar-refractivity contribution in [2.75, 3.05) is 13.7 Å². The van der Waals surface area contributed by atoms with Gasteiger partial charge in [-0.25, -0.2) is 8.42 Å². The van der Waals surface area contributed by atoms with E-state index in [2.05, 4.69) is 0 Å². The van der Waals surface area contributed by atoms with Gasteiger partial charge in [-0.05, 0) is 42.8 Å². The van der Waals surface area contributed by atoms with Crippen LogP contribution in [0.5, 0.6) is 11.5 Å². The number of hydrogen-bond acceptors (Lipinski definition) is 5. The summed E-state index contributed by atoms with van der Waals surface area (Å²) in [5.74, 6) is 1.03. The fraction of sp³-hybridized carbons (Fsp3) is 0.167. The molecule has 0 aliphatic heterocycles. The number of nitrogens with zero attached hydrogens (tertiary/aromatic N) is 1. The van der Waals surface area contributed by atoms with Crippen LogP contribution >= 0.6 is 0 Å². The second-order valence-corrected chi connectivity index (χ2v) is 6.70. The third-order valence-corrected chi connectivity index (χ3v) is 4.92. The molecule has 0 saturated carbocycles. The first-order valence-electron chi connectivity index (χ1n) is 7.25. The summed E-state index contributed by atoms with van der Waals surface area (Å²) in [6, 6.07) is 14.6. The van der Waals surface area contributed by atoms with Crippen molar-refractivity contribution >= 4 is 15.9 Å². The van der Waals surface area contributed by atoms with Crippen LogP contribution in [0.25, 0.3) is 6.08 Å². The smallest absolute Gasteiger partial charge is 0.216 e. The van der Waals surface area contributed by atoms with Crippen molar-refractivity contribution in [3.8, 4) is 17.6 Å². The lowest BCUT2D eigenvalue weighted by atomic mass is 10.2. The van der Waals surface area contributed by atoms with E-state index in [0.717, 1.165) is 0 Å². The van der Waals surface area contributed by atoms with Gasteiger partial charge in [0.25, 0.3) is 0 Å². The zero-order chi connectivity index (χ0) is 17.6. The second-order valence-electron chi connectivity index (χ2n) is 4.78. The summed E-state index contributed by atoms with van der Waals surface area (Å²) in [5, 5.41) is 9.30. The zero-order valence-electron chi connectivity index (χ0n) is 13.4. The molecule has 2 rings (SSSR count). The van der Waals surface area contributed by atoms with Crippen LogP contribution in [0.4, 0.5) is 0 Å². The minimum Gasteiger partial charge on any atom is -0.493 e. The molecular formula is C18H17NO4S. The number of rotatable bonds is 6. The summed E-state index contributed by atoms with van der Waals surface area (Å²) in [4.78, 5) is -0.254. The molecule has 0 atom stereocenters. The van der Waals surface area contributed by atoms with E-state index in [-0.39, 0.29) is 9.80 Å². The molecule has 2 aromatic carbocycles. The first kappa shape index (κ1) is 17.6. The van der Waals surface area contributed by atoms with Crippen molar-refractivity contribution < 1.29 is 17.9 Å². The van der Waals surface area contributed by atoms with Crippen molar-refractivity contribution in [3.63, 3.8) is 0 Å². The largest absolute Gasteiger partial charge is 0.493 e. The molecule has 0 N–H and O–H groups in total. The van der Waals surface area contributed by atoms with Crippen molar-refractivity contribution in [1.82, 2.24) is 0 Å². The van der Waals surface area contributed by atoms with E-state index in [1.165, 1.54) is 25.3 Å². The molecule has 2 aromatic rings. The SMILES string of the molecule is CCOc1ccc(C=C(C#N)S(=O)(=O)c2ccccc2)cc1OC. The molecule has 5 nitrogen and oxygen atoms in total. The molecule has 124 valence electrons. The lowest BCUT2D eigenvalue weighted by Crippen LogP contribution is -2.03. The topological polar surface area (TPSA) is 76.4 Å². The highest BCUT2D eigenvalue weighted by molar-refractivity contribution is 7.95. The Labute approximate surface area is 141 Å². The highest BCUT2D eigenvalue weighted by atomic mass is 32.2. The van der Waals surface area contributed by atoms with Gasteiger partial charge in [0, 0.05) is 0 Å². The Bertz CT molecular complexity index is 881. The predicted molar refractivity (Wildman–Crippen MR) is 91.4 cm³/mol. The van der Waals surface area contributed by atoms with E-state index in [1.54, 1.807) is 42.5 Å². The van der Waals surface area contributed by atoms with Crippen LogP contribution in [-0.2, 0) is 9.84 Å². The Balaban J connectivity index is 2.47. The Morgan fingerprint density at radius 2 is 1.88 bits per heavy atom. The predicted octanol–water partition coefficient (Wildman–Crippen LogP) is 3.43. The molecule has 0 heterocycles. The van der Waals surface area contributed by atoms with Gasteiger partial charge in [0.15, 0.2) is 11.5 Å². The fourth-order valence-electron chi connectivity index (χ4n) is 2.10. The average molecular weight is 343 g/mol. The Kier molecular flexibility index (Phi) is 5.61. The van der Waals surface area contributed by atoms with Crippen LogP contribution in [0.15, 0.2) is 58.3 Å². The molecule has 0 radical (unpaired) electrons. The van der Waals surface area contributed by atoms with E-state index >= 15 is 0 Å². The Morgan fingerprint density at radius 1 is 1.17 bits per heavy atom. The third-order valence-electron chi connectivity index (χ3n) is 3.24. The summed E-state index contributed by atoms with van der Waals surface area (Å²) >= 11 is 0. The molecule has 0 amide bonds. The monoisotopic (exact) mass is 343 g/mol. The molecule has 0 aliphatic carbocycles. The minimum absolute atomic E-state index is 0.0794. The van der Waals surface area contributed by atoms with Gasteiger partial charge in [0.2, 0.25) is 9.84 Å². The summed E-state index contributed by atoms with van der Waals surface area (Å²) in [7, 11) is -2.36. The van der Waals surface area contributed by atoms with Crippen LogP contribution in [0.3, 0.4) is 0 Å². The molecule has 24 heavy (non-hydrogen) atoms. The number of benzene rings is 2. The Hall–Kier alpha value is -2.78. The maximum Gasteiger partial charge on any atom is 0.216 e. The van der Waals surface area contributed by atoms with Gasteiger partial charge in [-0.1, -0.05) is 24.3 Å². The number of allylic oxidation sites excluding steroid dienone is 1. The normalized spacial score (nSPS) is 11.6. The van der Waals surface area contributed by atoms with Crippen LogP contribution in [0.1, 0.15) is 12.5 Å². The third kappa shape index (κ3) is 3.76. The van der Waals surface area contributed by atoms with Crippen molar-refractivity contribution in [2.45, 2.75) is 11.8 Å². The molecular weight excluding hydrogens is 326 g/mol. The quantitative estimate of drug-likeness (QED) is 0.751. The number of nitriles is 1. The lowest BCUT2D eigenvalue weighted by molar-refractivity contribution is 0.311. The van der Waals surface area contributed by atoms with E-state index in [9.17, 15) is 13.7 Å². The highest BCUT2D eigenvalue weighted by Crippen LogP contribution is 2.30. The molecule has 0 bridgehead atoms. The summed E-state index contributed by atoms with van der Waals surface area (Å²) < 4.78 is 35.7. The van der Waals surface area contributed by atoms with Crippen LogP contribution in [-0.4, -0.2) is 22.1 Å². The highest BCUT2D eigenvalue weighted by Gasteiger charge is 2.20. The van der Waals surface area contributed by atoms with Gasteiger partial charge in [0.1, 0.15) is 11.0 Å². The first-order chi connectivity index (χ1) is 11.5. The summed E-state index contributed by atoms with van der Waals surface area (Å²) in [6.45, 7) is 2.34. The van der Waals surface area contributed by atoms with Crippen LogP contribution in [0, 0.1) is 11.3 Å². The first-order valence-corrected chi connectivity index (χ1v) is 8.74. The minimum atomic E-state index is -3.86. The van der Waals surface area contributed by atoms with Crippen molar-refractivity contribution in [3.05, 3.63) is 59.0 Å². The standard InChI is InChI=1S/C18H17NO4S/c1-3-23-17-10-9-14(12-18(17)22-2)11-16(13-19)24(20,21)15-7-5-4-6-8-15/h4-12H,3H2,1-2H3. The molecule has 6 heteroatoms. The summed E-state index contributed by atoms with van der Waals surface area (Å²) in [5.41, 5.74) is 0.534. The lowest BCUT2D eigenvalue weighted by Gasteiger charge is -2.10. The van der Waals surface area contributed by atoms with E-state index in [4.69, 9.17) is 9.47 Å². The van der Waals surface area contributed by atoms with Gasteiger partial charge in [-0.15, -0.1) is 0 Å². The number of ether oxygens (including phenoxy) is 2. The van der Waals surface area contributed by atoms with Crippen molar-refractivity contribution in [1.29, 1.82) is 5.26 Å². The van der Waals surface area contributed by atoms with Gasteiger partial charge in [-0.3, -0.25) is 0 Å². The van der Waals surface area contributed by atoms with Crippen LogP contribution in [0.2, 0.25) is 0 Å². The van der Waals surface area contributed by atoms with E-state index in [0.29, 0.717) is 23.7 Å². The zero-order valence-corrected chi connectivity index (χ0v) is 14.2. The van der Waals surface area contributed by atoms with E-state index < -0.39 is 9.84 Å². The van der Waals surface area contributed by atoms with Gasteiger partial charge in [-0.2, -0.15) is 5.26 Å². The maximum atomic E-state index is 12.5. The fourth-order valence-corrected chi connectivity index (χ4v) is 3.28. The van der Waals surface area contributed by atoms with Gasteiger partial charge >= 0.3 is 0 Å². The van der Waals surface area contributed by atoms with Gasteiger partial charge < -0.3 is 9.47 Å². The molecule has 0 aliphatic rings. The average Bonchev–Trinajstić information content (AvgIpc) is 2.61. The van der Waals surface area contributed by atoms with Crippen LogP contribution < -0.4 is 9.47 Å². The van der Waals surface area contributed by atoms with Crippen molar-refractivity contribution in [2.24, 2.45) is 0 Å². The molecule has 0 spiro atoms. The molecule has 0 unspecified atom stereocenters. The summed E-state index contributed by atoms with van der Waals surface area (Å²) in [6.07, 6.45) is 1.32. The maximum absolute atomic E-state index is 12.5. The van der Waals surface area contributed by atoms with Gasteiger partial charge in [0.05, 0.1) is 18.6 Å².